The van der Waals surface area contributed by atoms with Gasteiger partial charge in [-0.1, -0.05) is 57.9 Å². The maximum atomic E-state index is 12.9. The van der Waals surface area contributed by atoms with Crippen LogP contribution in [-0.4, -0.2) is 5.78 Å². The molecule has 0 saturated heterocycles. The third-order valence-electron chi connectivity index (χ3n) is 3.56. The zero-order valence-electron chi connectivity index (χ0n) is 11.4. The molecule has 0 spiro atoms. The fourth-order valence-corrected chi connectivity index (χ4v) is 3.09. The number of hydrogen-bond donors (Lipinski definition) is 0. The molecule has 0 aromatic heterocycles. The molecule has 0 fully saturated rings. The zero-order valence-corrected chi connectivity index (χ0v) is 13.7. The fraction of sp³-hybridized carbons (Fsp3) is 0.0556. The maximum absolute atomic E-state index is 12.9. The van der Waals surface area contributed by atoms with Crippen LogP contribution in [0.1, 0.15) is 21.5 Å². The predicted molar refractivity (Wildman–Crippen MR) is 91.3 cm³/mol. The first-order valence-corrected chi connectivity index (χ1v) is 7.73. The number of hydrogen-bond acceptors (Lipinski definition) is 1. The number of fused-ring (bicyclic) bond motifs is 1. The summed E-state index contributed by atoms with van der Waals surface area (Å²) in [6, 6.07) is 17.0. The lowest BCUT2D eigenvalue weighted by atomic mass is 9.95. The van der Waals surface area contributed by atoms with E-state index in [1.165, 1.54) is 0 Å². The minimum atomic E-state index is -0.00120. The van der Waals surface area contributed by atoms with E-state index in [2.05, 4.69) is 15.9 Å². The van der Waals surface area contributed by atoms with Gasteiger partial charge in [-0.3, -0.25) is 4.79 Å². The zero-order chi connectivity index (χ0) is 15.0. The number of carbonyl (C=O) groups excluding carboxylic acids is 1. The molecule has 0 aliphatic heterocycles. The number of ketones is 1. The molecule has 3 aromatic rings. The Kier molecular flexibility index (Phi) is 3.83. The topological polar surface area (TPSA) is 17.1 Å². The Bertz CT molecular complexity index is 855. The van der Waals surface area contributed by atoms with E-state index in [-0.39, 0.29) is 5.78 Å². The third kappa shape index (κ3) is 2.61. The Balaban J connectivity index is 2.23. The van der Waals surface area contributed by atoms with Gasteiger partial charge in [0.15, 0.2) is 5.78 Å². The lowest BCUT2D eigenvalue weighted by Crippen LogP contribution is -2.04. The van der Waals surface area contributed by atoms with Crippen molar-refractivity contribution in [2.75, 3.05) is 0 Å². The lowest BCUT2D eigenvalue weighted by Gasteiger charge is -2.10. The lowest BCUT2D eigenvalue weighted by molar-refractivity contribution is 0.103. The van der Waals surface area contributed by atoms with E-state index in [1.807, 2.05) is 49.4 Å². The Labute approximate surface area is 136 Å². The highest BCUT2D eigenvalue weighted by molar-refractivity contribution is 9.10. The van der Waals surface area contributed by atoms with Crippen molar-refractivity contribution in [3.63, 3.8) is 0 Å². The molecule has 0 atom stereocenters. The van der Waals surface area contributed by atoms with Crippen LogP contribution in [0.5, 0.6) is 0 Å². The number of aryl methyl sites for hydroxylation is 1. The molecule has 0 saturated carbocycles. The van der Waals surface area contributed by atoms with E-state index < -0.39 is 0 Å². The molecule has 1 nitrogen and oxygen atoms in total. The first-order valence-electron chi connectivity index (χ1n) is 6.56. The second-order valence-corrected chi connectivity index (χ2v) is 6.22. The van der Waals surface area contributed by atoms with Crippen molar-refractivity contribution in [3.8, 4) is 0 Å². The summed E-state index contributed by atoms with van der Waals surface area (Å²) in [4.78, 5) is 12.9. The Morgan fingerprint density at radius 1 is 0.952 bits per heavy atom. The summed E-state index contributed by atoms with van der Waals surface area (Å²) in [5.74, 6) is -0.00120. The van der Waals surface area contributed by atoms with E-state index in [9.17, 15) is 4.79 Å². The van der Waals surface area contributed by atoms with Gasteiger partial charge in [0.1, 0.15) is 0 Å². The molecule has 3 heteroatoms. The molecular formula is C18H12BrClO. The van der Waals surface area contributed by atoms with Crippen molar-refractivity contribution in [2.45, 2.75) is 6.92 Å². The van der Waals surface area contributed by atoms with Gasteiger partial charge >= 0.3 is 0 Å². The van der Waals surface area contributed by atoms with Crippen LogP contribution in [0.25, 0.3) is 10.8 Å². The summed E-state index contributed by atoms with van der Waals surface area (Å²) < 4.78 is 0.984. The van der Waals surface area contributed by atoms with Crippen LogP contribution in [0, 0.1) is 6.92 Å². The monoisotopic (exact) mass is 358 g/mol. The fourth-order valence-electron chi connectivity index (χ4n) is 2.44. The predicted octanol–water partition coefficient (Wildman–Crippen LogP) is 5.80. The van der Waals surface area contributed by atoms with Gasteiger partial charge in [0, 0.05) is 20.6 Å². The SMILES string of the molecule is Cc1ccc(Cl)cc1C(=O)c1ccc(Br)c2ccccc12. The standard InChI is InChI=1S/C18H12BrClO/c1-11-6-7-12(20)10-16(11)18(21)15-8-9-17(19)14-5-3-2-4-13(14)15/h2-10H,1H3. The molecule has 0 heterocycles. The first-order chi connectivity index (χ1) is 10.1. The smallest absolute Gasteiger partial charge is 0.193 e. The van der Waals surface area contributed by atoms with Crippen molar-refractivity contribution in [1.82, 2.24) is 0 Å². The van der Waals surface area contributed by atoms with Crippen LogP contribution in [0.3, 0.4) is 0 Å². The Morgan fingerprint density at radius 2 is 1.67 bits per heavy atom. The quantitative estimate of drug-likeness (QED) is 0.529. The largest absolute Gasteiger partial charge is 0.289 e. The van der Waals surface area contributed by atoms with E-state index in [4.69, 9.17) is 11.6 Å². The van der Waals surface area contributed by atoms with Crippen molar-refractivity contribution in [1.29, 1.82) is 0 Å². The van der Waals surface area contributed by atoms with Crippen molar-refractivity contribution in [3.05, 3.63) is 80.8 Å². The summed E-state index contributed by atoms with van der Waals surface area (Å²) in [6.07, 6.45) is 0. The van der Waals surface area contributed by atoms with Crippen LogP contribution in [0.4, 0.5) is 0 Å². The summed E-state index contributed by atoms with van der Waals surface area (Å²) in [5.41, 5.74) is 2.27. The molecule has 0 aliphatic carbocycles. The van der Waals surface area contributed by atoms with Crippen LogP contribution >= 0.6 is 27.5 Å². The summed E-state index contributed by atoms with van der Waals surface area (Å²) in [5, 5.41) is 2.55. The van der Waals surface area contributed by atoms with Crippen LogP contribution in [0.2, 0.25) is 5.02 Å². The van der Waals surface area contributed by atoms with E-state index >= 15 is 0 Å². The Morgan fingerprint density at radius 3 is 2.43 bits per heavy atom. The van der Waals surface area contributed by atoms with Crippen molar-refractivity contribution < 1.29 is 4.79 Å². The third-order valence-corrected chi connectivity index (χ3v) is 4.49. The number of carbonyl (C=O) groups is 1. The molecule has 0 aliphatic rings. The highest BCUT2D eigenvalue weighted by Crippen LogP contribution is 2.29. The number of benzene rings is 3. The maximum Gasteiger partial charge on any atom is 0.193 e. The molecular weight excluding hydrogens is 348 g/mol. The van der Waals surface area contributed by atoms with E-state index in [1.54, 1.807) is 12.1 Å². The van der Waals surface area contributed by atoms with Gasteiger partial charge in [-0.15, -0.1) is 0 Å². The molecule has 0 N–H and O–H groups in total. The summed E-state index contributed by atoms with van der Waals surface area (Å²) >= 11 is 9.56. The van der Waals surface area contributed by atoms with Gasteiger partial charge in [0.05, 0.1) is 0 Å². The van der Waals surface area contributed by atoms with Gasteiger partial charge < -0.3 is 0 Å². The minimum Gasteiger partial charge on any atom is -0.289 e. The molecule has 0 amide bonds. The molecule has 21 heavy (non-hydrogen) atoms. The summed E-state index contributed by atoms with van der Waals surface area (Å²) in [6.45, 7) is 1.92. The highest BCUT2D eigenvalue weighted by Gasteiger charge is 2.15. The van der Waals surface area contributed by atoms with Crippen molar-refractivity contribution >= 4 is 44.1 Å². The minimum absolute atomic E-state index is 0.00120. The van der Waals surface area contributed by atoms with Gasteiger partial charge in [-0.05, 0) is 47.5 Å². The number of halogens is 2. The van der Waals surface area contributed by atoms with Crippen molar-refractivity contribution in [2.24, 2.45) is 0 Å². The Hall–Kier alpha value is -1.64. The first kappa shape index (κ1) is 14.3. The van der Waals surface area contributed by atoms with Gasteiger partial charge in [-0.2, -0.15) is 0 Å². The molecule has 104 valence electrons. The second-order valence-electron chi connectivity index (χ2n) is 4.93. The van der Waals surface area contributed by atoms with Crippen LogP contribution in [0.15, 0.2) is 59.1 Å². The van der Waals surface area contributed by atoms with Gasteiger partial charge in [-0.25, -0.2) is 0 Å². The van der Waals surface area contributed by atoms with E-state index in [0.29, 0.717) is 16.1 Å². The normalized spacial score (nSPS) is 10.8. The number of rotatable bonds is 2. The molecule has 0 bridgehead atoms. The average molecular weight is 360 g/mol. The summed E-state index contributed by atoms with van der Waals surface area (Å²) in [7, 11) is 0. The average Bonchev–Trinajstić information content (AvgIpc) is 2.50. The van der Waals surface area contributed by atoms with Gasteiger partial charge in [0.2, 0.25) is 0 Å². The van der Waals surface area contributed by atoms with Crippen LogP contribution < -0.4 is 0 Å². The molecule has 0 radical (unpaired) electrons. The molecule has 3 rings (SSSR count). The molecule has 3 aromatic carbocycles. The van der Waals surface area contributed by atoms with Gasteiger partial charge in [0.25, 0.3) is 0 Å². The second kappa shape index (κ2) is 5.63. The molecule has 0 unspecified atom stereocenters. The highest BCUT2D eigenvalue weighted by atomic mass is 79.9. The van der Waals surface area contributed by atoms with E-state index in [0.717, 1.165) is 20.8 Å². The van der Waals surface area contributed by atoms with Crippen LogP contribution in [-0.2, 0) is 0 Å².